The van der Waals surface area contributed by atoms with E-state index < -0.39 is 780 Å². The largest absolute Gasteiger partial charge is 0.456 e. The molecule has 0 amide bonds. The van der Waals surface area contributed by atoms with E-state index >= 15 is 0 Å². The molecule has 0 fully saturated rings. The lowest BCUT2D eigenvalue weighted by atomic mass is 9.84. The molecule has 29 aromatic rings. The van der Waals surface area contributed by atoms with Crippen LogP contribution in [-0.2, 0) is 0 Å². The Labute approximate surface area is 904 Å². The second-order valence-corrected chi connectivity index (χ2v) is 29.8. The summed E-state index contributed by atoms with van der Waals surface area (Å²) < 4.78 is 752. The molecule has 0 saturated carbocycles. The molecule has 3 aromatic heterocycles. The van der Waals surface area contributed by atoms with Crippen LogP contribution in [0.25, 0.3) is 284 Å². The fraction of sp³-hybridized carbons (Fsp3) is 0. The first kappa shape index (κ1) is 32.1. The molecule has 3 heterocycles. The second-order valence-electron chi connectivity index (χ2n) is 29.8. The highest BCUT2D eigenvalue weighted by Crippen LogP contribution is 2.52. The van der Waals surface area contributed by atoms with Crippen LogP contribution in [0, 0.1) is 0 Å². The lowest BCUT2D eigenvalue weighted by Gasteiger charge is -2.19. The van der Waals surface area contributed by atoms with E-state index in [1.54, 1.807) is 0 Å². The van der Waals surface area contributed by atoms with Crippen LogP contribution in [0.5, 0.6) is 0 Å². The first-order valence-corrected chi connectivity index (χ1v) is 40.5. The predicted molar refractivity (Wildman–Crippen MR) is 583 cm³/mol. The van der Waals surface area contributed by atoms with E-state index in [1.165, 1.54) is 0 Å². The van der Waals surface area contributed by atoms with Gasteiger partial charge in [-0.05, 0) is 279 Å². The summed E-state index contributed by atoms with van der Waals surface area (Å²) in [6.07, 6.45) is 0. The summed E-state index contributed by atoms with van der Waals surface area (Å²) in [5.41, 5.74) is -17.1. The van der Waals surface area contributed by atoms with Crippen molar-refractivity contribution in [2.45, 2.75) is 0 Å². The molecule has 0 aliphatic heterocycles. The lowest BCUT2D eigenvalue weighted by molar-refractivity contribution is 0.669. The molecule has 137 heavy (non-hydrogen) atoms. The minimum absolute atomic E-state index is 0.440. The fourth-order valence-corrected chi connectivity index (χ4v) is 16.7. The third kappa shape index (κ3) is 13.3. The number of rotatable bonds is 9. The minimum Gasteiger partial charge on any atom is -0.456 e. The van der Waals surface area contributed by atoms with Crippen molar-refractivity contribution in [1.29, 1.82) is 0 Å². The average molecular weight is 1820 g/mol. The zero-order chi connectivity index (χ0) is 161. The van der Waals surface area contributed by atoms with Crippen molar-refractivity contribution >= 4 is 184 Å². The van der Waals surface area contributed by atoms with Crippen LogP contribution in [0.15, 0.2) is 509 Å². The van der Waals surface area contributed by atoms with Gasteiger partial charge in [-0.3, -0.25) is 0 Å². The van der Waals surface area contributed by atoms with Crippen LogP contribution >= 0.6 is 0 Å². The highest BCUT2D eigenvalue weighted by molar-refractivity contribution is 6.27. The summed E-state index contributed by atoms with van der Waals surface area (Å²) >= 11 is 0. The van der Waals surface area contributed by atoms with Crippen LogP contribution in [0.1, 0.15) is 112 Å². The molecule has 0 saturated heterocycles. The van der Waals surface area contributed by atoms with Crippen LogP contribution in [-0.4, -0.2) is 0 Å². The SMILES string of the molecule is [2H]c1c([2H])c(-c2c([2H])c([2H])c([2H])c3oc4c([2H])c5c([2H])c([2H])c([2H])c([2H])c5c([2H])c4c23)c([2H])c([2H])c1-c1c2c([2H])c([2H])c([2H])c([2H])c2c(-c2c([2H])c([2H])c([2H])c3c([2H])c([2H])c([2H])c([2H])c23)c2c([2H])c([2H])c([2H])c([2H])c12.[2H]c1c([2H])c(-c2c([2H])c([2H])c([2H])c3oc4c([2H])c5c([2H])c([2H])c([2H])c([2H])c5c([2H])c4c23)c([2H])c([2H])c1-c1c2c([2H])c([2H])c([2H])c([2H])c2c(-c2c([2H])c([2H])c3c([2H])c([2H])c([2H])c([2H])c3c2[2H])c2c([2H])c([2H])c([2H])c([2H])c12.[2H]c1c([2H])c([2H])c(-c2c3c([2H])c([2H])c([2H])c([2H])c3c(-c3c([2H])c([2H])c(-c4c([2H])c([2H])c([2H])c5oc6c([2H])c7c([2H])c([2H])c([2H])c([2H])c7c([2H])c6c45)c([2H])c3[2H])c3c([2H])c([2H])c([2H])c([2H])c23)c([2H])c1[2H]. The van der Waals surface area contributed by atoms with Gasteiger partial charge in [0.1, 0.15) is 33.5 Å². The van der Waals surface area contributed by atoms with E-state index in [0.29, 0.717) is 0 Å². The minimum atomic E-state index is -1.11. The van der Waals surface area contributed by atoms with E-state index in [4.69, 9.17) is 81.8 Å². The Hall–Kier alpha value is -18.0. The summed E-state index contributed by atoms with van der Waals surface area (Å²) in [6.45, 7) is 0. The maximum Gasteiger partial charge on any atom is 0.136 e. The van der Waals surface area contributed by atoms with E-state index in [1.807, 2.05) is 0 Å². The van der Waals surface area contributed by atoms with Gasteiger partial charge in [0, 0.05) is 32.3 Å². The third-order valence-corrected chi connectivity index (χ3v) is 22.4. The van der Waals surface area contributed by atoms with Gasteiger partial charge < -0.3 is 13.3 Å². The molecule has 0 aliphatic carbocycles. The topological polar surface area (TPSA) is 39.4 Å². The summed E-state index contributed by atoms with van der Waals surface area (Å²) in [6, 6.07) is -74.6. The van der Waals surface area contributed by atoms with Gasteiger partial charge in [0.05, 0.1) is 112 Å². The van der Waals surface area contributed by atoms with Crippen molar-refractivity contribution in [3.8, 4) is 100 Å². The summed E-state index contributed by atoms with van der Waals surface area (Å²) in [7, 11) is 0. The molecule has 0 atom stereocenters. The van der Waals surface area contributed by atoms with Crippen LogP contribution in [0.4, 0.5) is 0 Å². The molecule has 3 heteroatoms. The Morgan fingerprint density at radius 3 is 0.664 bits per heavy atom. The highest BCUT2D eigenvalue weighted by atomic mass is 16.3. The molecule has 0 bridgehead atoms. The molecule has 29 rings (SSSR count). The van der Waals surface area contributed by atoms with Crippen molar-refractivity contribution in [2.24, 2.45) is 0 Å². The maximum absolute atomic E-state index is 9.68. The normalized spacial score (nSPS) is 20.2. The summed E-state index contributed by atoms with van der Waals surface area (Å²) in [4.78, 5) is 0. The Morgan fingerprint density at radius 1 is 0.117 bits per heavy atom. The fourth-order valence-electron chi connectivity index (χ4n) is 16.7. The van der Waals surface area contributed by atoms with Crippen molar-refractivity contribution < 1.29 is 126 Å². The summed E-state index contributed by atoms with van der Waals surface area (Å²) in [5, 5.41) is -16.9. The number of fused-ring (bicyclic) bond motifs is 20. The highest BCUT2D eigenvalue weighted by Gasteiger charge is 2.25. The monoisotopic (exact) mass is 1820 g/mol. The number of benzene rings is 26. The van der Waals surface area contributed by atoms with E-state index in [0.717, 1.165) is 0 Å². The van der Waals surface area contributed by atoms with E-state index in [9.17, 15) is 43.9 Å². The molecule has 0 aliphatic rings. The lowest BCUT2D eigenvalue weighted by Crippen LogP contribution is -1.91. The van der Waals surface area contributed by atoms with Gasteiger partial charge in [-0.15, -0.1) is 0 Å². The average Bonchev–Trinajstić information content (AvgIpc) is 1.43. The van der Waals surface area contributed by atoms with Crippen LogP contribution in [0.2, 0.25) is 0 Å². The molecular formula is C134H82O3. The predicted octanol–water partition coefficient (Wildman–Crippen LogP) is 38.4. The molecule has 636 valence electrons. The smallest absolute Gasteiger partial charge is 0.136 e. The van der Waals surface area contributed by atoms with Gasteiger partial charge in [-0.25, -0.2) is 0 Å². The van der Waals surface area contributed by atoms with Gasteiger partial charge in [0.2, 0.25) is 0 Å². The molecule has 0 N–H and O–H groups in total. The van der Waals surface area contributed by atoms with Gasteiger partial charge in [0.25, 0.3) is 0 Å². The number of furan rings is 3. The second kappa shape index (κ2) is 32.5. The Bertz CT molecular complexity index is 15100. The Morgan fingerprint density at radius 2 is 0.336 bits per heavy atom. The molecule has 0 spiro atoms. The Kier molecular flexibility index (Phi) is 7.62. The van der Waals surface area contributed by atoms with Gasteiger partial charge in [-0.2, -0.15) is 0 Å². The molecular weight excluding hydrogens is 1660 g/mol. The van der Waals surface area contributed by atoms with Gasteiger partial charge in [0.15, 0.2) is 0 Å². The van der Waals surface area contributed by atoms with Crippen molar-refractivity contribution in [3.05, 3.63) is 495 Å². The molecule has 26 aromatic carbocycles. The standard InChI is InChI=1S/2C46H28O.C42H26O/c1-2-13-33-28-43-41(27-32(33)12-1)46-35(20-10-22-42(46)47-43)30-23-25-31(26-24-30)44-37-16-5-7-18-39(37)45(40-19-8-6-17-38(40)44)36-21-9-14-29-11-3-4-15-34(29)36;1-2-11-32-26-35(25-20-29(32)10-1)45-39-16-7-5-14-37(39)44(38-15-6-8-17-40(38)45)31-23-21-30(22-24-31)36-18-9-19-42-46(36)41-27-33-12-3-4-13-34(33)28-43(41)47-42;1-2-11-28(12-3-1)40-33-15-6-8-17-35(33)41(36-18-9-7-16-34(36)40)29-23-21-27(22-24-29)32-19-10-20-38-42(32)37-25-30-13-4-5-14-31(30)26-39(37)43-38/h2*1-28H;1-26H/i2*1D,2D,3D,4D,5D,6D,7D,8D,9D,10D,11D,12D,13D,14D,15D,16D,17D,18D,19D,20D,21D,22D,23D,24D,25D,26D,27D,28D;1D,2D,3D,4D,5D,6D,7D,8D,9D,10D,11D,12D,13D,14D,15D,16D,17D,18D,19D,20D,21D,22D,23D,24D,25D,26D. The van der Waals surface area contributed by atoms with Crippen molar-refractivity contribution in [2.75, 3.05) is 0 Å². The first-order valence-electron chi connectivity index (χ1n) is 81.5. The van der Waals surface area contributed by atoms with Crippen LogP contribution in [0.3, 0.4) is 0 Å². The van der Waals surface area contributed by atoms with Crippen molar-refractivity contribution in [1.82, 2.24) is 0 Å². The number of hydrogen-bond donors (Lipinski definition) is 0. The zero-order valence-electron chi connectivity index (χ0n) is 150. The Balaban J connectivity index is 0.000000147. The quantitative estimate of drug-likeness (QED) is 0.135. The number of hydrogen-bond acceptors (Lipinski definition) is 3. The first-order chi connectivity index (χ1) is 102. The third-order valence-electron chi connectivity index (χ3n) is 22.4. The van der Waals surface area contributed by atoms with Crippen molar-refractivity contribution in [3.63, 3.8) is 0 Å². The molecule has 0 unspecified atom stereocenters. The van der Waals surface area contributed by atoms with E-state index in [2.05, 4.69) is 0 Å². The maximum atomic E-state index is 9.68. The van der Waals surface area contributed by atoms with E-state index in [-0.39, 0.29) is 0 Å². The molecule has 3 nitrogen and oxygen atoms in total. The zero-order valence-corrected chi connectivity index (χ0v) is 68.2. The van der Waals surface area contributed by atoms with Gasteiger partial charge >= 0.3 is 0 Å². The van der Waals surface area contributed by atoms with Crippen LogP contribution < -0.4 is 0 Å². The molecule has 0 radical (unpaired) electrons. The van der Waals surface area contributed by atoms with Gasteiger partial charge in [-0.1, -0.05) is 435 Å². The summed E-state index contributed by atoms with van der Waals surface area (Å²) in [5.74, 6) is 0.